The largest absolute Gasteiger partial charge is 0.508 e. The number of hydrogen-bond acceptors (Lipinski definition) is 3. The summed E-state index contributed by atoms with van der Waals surface area (Å²) in [7, 11) is 0. The minimum absolute atomic E-state index is 0.0582. The van der Waals surface area contributed by atoms with Crippen molar-refractivity contribution < 1.29 is 14.6 Å². The van der Waals surface area contributed by atoms with Gasteiger partial charge in [-0.2, -0.15) is 0 Å². The molecule has 3 nitrogen and oxygen atoms in total. The van der Waals surface area contributed by atoms with E-state index in [1.165, 1.54) is 0 Å². The van der Waals surface area contributed by atoms with E-state index in [1.807, 2.05) is 0 Å². The van der Waals surface area contributed by atoms with Crippen LogP contribution in [0, 0.1) is 0 Å². The van der Waals surface area contributed by atoms with Crippen LogP contribution in [-0.2, 0) is 11.3 Å². The van der Waals surface area contributed by atoms with E-state index in [0.717, 1.165) is 0 Å². The topological polar surface area (TPSA) is 46.5 Å². The molecule has 1 aromatic rings. The maximum Gasteiger partial charge on any atom is 0.191 e. The molecular formula is C10H10O3. The molecule has 1 heterocycles. The van der Waals surface area contributed by atoms with Gasteiger partial charge in [-0.3, -0.25) is 4.79 Å². The molecule has 0 aromatic heterocycles. The van der Waals surface area contributed by atoms with Gasteiger partial charge in [-0.15, -0.1) is 0 Å². The first-order valence-corrected chi connectivity index (χ1v) is 4.17. The molecule has 0 amide bonds. The number of rotatable bonds is 0. The zero-order valence-corrected chi connectivity index (χ0v) is 7.28. The Labute approximate surface area is 76.0 Å². The molecule has 0 radical (unpaired) electrons. The van der Waals surface area contributed by atoms with E-state index in [2.05, 4.69) is 0 Å². The van der Waals surface area contributed by atoms with Crippen LogP contribution in [-0.4, -0.2) is 17.0 Å². The van der Waals surface area contributed by atoms with Crippen LogP contribution in [0.25, 0.3) is 0 Å². The summed E-state index contributed by atoms with van der Waals surface area (Å²) in [5.74, 6) is 0.0786. The summed E-state index contributed by atoms with van der Waals surface area (Å²) in [4.78, 5) is 11.5. The standard InChI is InChI=1S/C10H10O3/c1-6-10(12)7-3-2-4-9(11)8(7)5-13-6/h2-4,6,11H,5H2,1H3. The van der Waals surface area contributed by atoms with E-state index in [0.29, 0.717) is 17.7 Å². The second-order valence-electron chi connectivity index (χ2n) is 3.12. The van der Waals surface area contributed by atoms with Crippen molar-refractivity contribution in [2.75, 3.05) is 0 Å². The molecule has 13 heavy (non-hydrogen) atoms. The summed E-state index contributed by atoms with van der Waals surface area (Å²) in [6.45, 7) is 2.03. The molecule has 0 fully saturated rings. The summed E-state index contributed by atoms with van der Waals surface area (Å²) in [5, 5.41) is 9.43. The molecule has 3 heteroatoms. The lowest BCUT2D eigenvalue weighted by Gasteiger charge is -2.21. The number of carbonyl (C=O) groups is 1. The first kappa shape index (κ1) is 8.26. The van der Waals surface area contributed by atoms with Crippen LogP contribution in [0.3, 0.4) is 0 Å². The highest BCUT2D eigenvalue weighted by atomic mass is 16.5. The van der Waals surface area contributed by atoms with Crippen LogP contribution in [0.2, 0.25) is 0 Å². The Morgan fingerprint density at radius 1 is 1.54 bits per heavy atom. The number of phenolic OH excluding ortho intramolecular Hbond substituents is 1. The highest BCUT2D eigenvalue weighted by Crippen LogP contribution is 2.27. The van der Waals surface area contributed by atoms with Gasteiger partial charge in [0.15, 0.2) is 5.78 Å². The molecule has 1 aliphatic rings. The summed E-state index contributed by atoms with van der Waals surface area (Å²) in [6.07, 6.45) is -0.394. The molecule has 0 spiro atoms. The minimum Gasteiger partial charge on any atom is -0.508 e. The number of benzene rings is 1. The molecule has 1 N–H and O–H groups in total. The fourth-order valence-electron chi connectivity index (χ4n) is 1.46. The number of phenols is 1. The van der Waals surface area contributed by atoms with E-state index in [-0.39, 0.29) is 11.5 Å². The minimum atomic E-state index is -0.394. The molecular weight excluding hydrogens is 168 g/mol. The third-order valence-corrected chi connectivity index (χ3v) is 2.26. The van der Waals surface area contributed by atoms with Gasteiger partial charge < -0.3 is 9.84 Å². The first-order chi connectivity index (χ1) is 6.20. The number of fused-ring (bicyclic) bond motifs is 1. The lowest BCUT2D eigenvalue weighted by atomic mass is 9.98. The van der Waals surface area contributed by atoms with Crippen LogP contribution < -0.4 is 0 Å². The Kier molecular flexibility index (Phi) is 1.81. The summed E-state index contributed by atoms with van der Waals surface area (Å²) < 4.78 is 5.19. The van der Waals surface area contributed by atoms with Gasteiger partial charge in [-0.05, 0) is 13.0 Å². The Hall–Kier alpha value is -1.35. The van der Waals surface area contributed by atoms with Crippen LogP contribution in [0.4, 0.5) is 0 Å². The highest BCUT2D eigenvalue weighted by Gasteiger charge is 2.25. The second-order valence-corrected chi connectivity index (χ2v) is 3.12. The van der Waals surface area contributed by atoms with Gasteiger partial charge in [-0.1, -0.05) is 12.1 Å². The Morgan fingerprint density at radius 2 is 2.31 bits per heavy atom. The van der Waals surface area contributed by atoms with Crippen molar-refractivity contribution in [2.24, 2.45) is 0 Å². The monoisotopic (exact) mass is 178 g/mol. The predicted octanol–water partition coefficient (Wildman–Crippen LogP) is 1.49. The van der Waals surface area contributed by atoms with E-state index < -0.39 is 6.10 Å². The number of carbonyl (C=O) groups excluding carboxylic acids is 1. The molecule has 68 valence electrons. The number of aromatic hydroxyl groups is 1. The zero-order chi connectivity index (χ0) is 9.42. The lowest BCUT2D eigenvalue weighted by molar-refractivity contribution is 0.0328. The van der Waals surface area contributed by atoms with Crippen LogP contribution in [0.5, 0.6) is 5.75 Å². The van der Waals surface area contributed by atoms with Crippen molar-refractivity contribution in [1.29, 1.82) is 0 Å². The van der Waals surface area contributed by atoms with Gasteiger partial charge in [0.1, 0.15) is 11.9 Å². The molecule has 0 saturated heterocycles. The molecule has 0 aliphatic carbocycles. The molecule has 1 aliphatic heterocycles. The number of hydrogen-bond donors (Lipinski definition) is 1. The Bertz CT molecular complexity index is 357. The average Bonchev–Trinajstić information content (AvgIpc) is 2.12. The zero-order valence-electron chi connectivity index (χ0n) is 7.28. The second kappa shape index (κ2) is 2.85. The average molecular weight is 178 g/mol. The normalized spacial score (nSPS) is 21.3. The highest BCUT2D eigenvalue weighted by molar-refractivity contribution is 6.01. The summed E-state index contributed by atoms with van der Waals surface area (Å²) >= 11 is 0. The molecule has 0 saturated carbocycles. The third-order valence-electron chi connectivity index (χ3n) is 2.26. The fourth-order valence-corrected chi connectivity index (χ4v) is 1.46. The fraction of sp³-hybridized carbons (Fsp3) is 0.300. The van der Waals surface area contributed by atoms with Gasteiger partial charge in [0.25, 0.3) is 0 Å². The molecule has 0 bridgehead atoms. The maximum atomic E-state index is 11.5. The first-order valence-electron chi connectivity index (χ1n) is 4.17. The van der Waals surface area contributed by atoms with Crippen molar-refractivity contribution in [1.82, 2.24) is 0 Å². The Morgan fingerprint density at radius 3 is 3.08 bits per heavy atom. The van der Waals surface area contributed by atoms with E-state index in [9.17, 15) is 9.90 Å². The van der Waals surface area contributed by atoms with E-state index in [1.54, 1.807) is 25.1 Å². The molecule has 1 atom stereocenters. The SMILES string of the molecule is CC1OCc2c(O)cccc2C1=O. The van der Waals surface area contributed by atoms with Gasteiger partial charge in [-0.25, -0.2) is 0 Å². The van der Waals surface area contributed by atoms with E-state index >= 15 is 0 Å². The summed E-state index contributed by atoms with van der Waals surface area (Å²) in [5.41, 5.74) is 1.18. The van der Waals surface area contributed by atoms with Crippen molar-refractivity contribution in [2.45, 2.75) is 19.6 Å². The van der Waals surface area contributed by atoms with E-state index in [4.69, 9.17) is 4.74 Å². The predicted molar refractivity (Wildman–Crippen MR) is 46.7 cm³/mol. The smallest absolute Gasteiger partial charge is 0.191 e. The molecule has 1 aromatic carbocycles. The van der Waals surface area contributed by atoms with Gasteiger partial charge in [0, 0.05) is 11.1 Å². The number of ketones is 1. The third kappa shape index (κ3) is 1.21. The number of Topliss-reactive ketones (excluding diaryl/α,β-unsaturated/α-hetero) is 1. The van der Waals surface area contributed by atoms with Crippen LogP contribution >= 0.6 is 0 Å². The quantitative estimate of drug-likeness (QED) is 0.654. The van der Waals surface area contributed by atoms with Gasteiger partial charge in [0.05, 0.1) is 6.61 Å². The summed E-state index contributed by atoms with van der Waals surface area (Å²) in [6, 6.07) is 4.95. The van der Waals surface area contributed by atoms with Crippen LogP contribution in [0.1, 0.15) is 22.8 Å². The van der Waals surface area contributed by atoms with Crippen molar-refractivity contribution in [3.05, 3.63) is 29.3 Å². The van der Waals surface area contributed by atoms with Crippen molar-refractivity contribution >= 4 is 5.78 Å². The molecule has 2 rings (SSSR count). The van der Waals surface area contributed by atoms with Crippen molar-refractivity contribution in [3.63, 3.8) is 0 Å². The van der Waals surface area contributed by atoms with Crippen molar-refractivity contribution in [3.8, 4) is 5.75 Å². The number of ether oxygens (including phenoxy) is 1. The van der Waals surface area contributed by atoms with Crippen LogP contribution in [0.15, 0.2) is 18.2 Å². The van der Waals surface area contributed by atoms with Gasteiger partial charge >= 0.3 is 0 Å². The maximum absolute atomic E-state index is 11.5. The lowest BCUT2D eigenvalue weighted by Crippen LogP contribution is -2.27. The van der Waals surface area contributed by atoms with Gasteiger partial charge in [0.2, 0.25) is 0 Å². The Balaban J connectivity index is 2.55. The molecule has 1 unspecified atom stereocenters.